The summed E-state index contributed by atoms with van der Waals surface area (Å²) in [5.74, 6) is 0.217. The number of aromatic nitrogens is 1. The van der Waals surface area contributed by atoms with Crippen LogP contribution in [-0.2, 0) is 6.61 Å². The number of benzene rings is 1. The van der Waals surface area contributed by atoms with Gasteiger partial charge in [0.05, 0.1) is 11.9 Å². The largest absolute Gasteiger partial charge is 0.487 e. The average Bonchev–Trinajstić information content (AvgIpc) is 2.28. The molecule has 0 atom stereocenters. The molecule has 1 aromatic carbocycles. The fourth-order valence-electron chi connectivity index (χ4n) is 1.31. The minimum atomic E-state index is -0.373. The van der Waals surface area contributed by atoms with Crippen molar-refractivity contribution in [1.82, 2.24) is 4.98 Å². The average molecular weight is 218 g/mol. The molecule has 2 N–H and O–H groups in total. The first-order valence-corrected chi connectivity index (χ1v) is 4.82. The van der Waals surface area contributed by atoms with Gasteiger partial charge in [-0.15, -0.1) is 0 Å². The maximum Gasteiger partial charge on any atom is 0.142 e. The normalized spacial score (nSPS) is 10.1. The first-order valence-electron chi connectivity index (χ1n) is 4.82. The Labute approximate surface area is 92.7 Å². The Bertz CT molecular complexity index is 488. The van der Waals surface area contributed by atoms with E-state index in [1.807, 2.05) is 12.1 Å². The highest BCUT2D eigenvalue weighted by Crippen LogP contribution is 2.20. The molecule has 0 amide bonds. The van der Waals surface area contributed by atoms with Crippen LogP contribution in [0.5, 0.6) is 5.75 Å². The summed E-state index contributed by atoms with van der Waals surface area (Å²) in [7, 11) is 0. The van der Waals surface area contributed by atoms with Crippen molar-refractivity contribution >= 4 is 5.69 Å². The standard InChI is InChI=1S/C12H11FN2O/c13-10-5-9(6-15-7-10)8-16-12-4-2-1-3-11(12)14/h1-7H,8,14H2. The van der Waals surface area contributed by atoms with Gasteiger partial charge in [-0.2, -0.15) is 0 Å². The van der Waals surface area contributed by atoms with Crippen LogP contribution in [0.15, 0.2) is 42.7 Å². The van der Waals surface area contributed by atoms with Crippen LogP contribution >= 0.6 is 0 Å². The smallest absolute Gasteiger partial charge is 0.142 e. The number of ether oxygens (including phenoxy) is 1. The third kappa shape index (κ3) is 2.48. The second-order valence-corrected chi connectivity index (χ2v) is 3.34. The minimum absolute atomic E-state index is 0.249. The summed E-state index contributed by atoms with van der Waals surface area (Å²) in [6.45, 7) is 0.249. The Kier molecular flexibility index (Phi) is 3.00. The molecule has 4 heteroatoms. The van der Waals surface area contributed by atoms with Crippen LogP contribution in [0.1, 0.15) is 5.56 Å². The SMILES string of the molecule is Nc1ccccc1OCc1cncc(F)c1. The summed E-state index contributed by atoms with van der Waals surface area (Å²) in [4.78, 5) is 3.73. The van der Waals surface area contributed by atoms with Crippen molar-refractivity contribution in [3.8, 4) is 5.75 Å². The molecule has 0 fully saturated rings. The molecule has 1 heterocycles. The highest BCUT2D eigenvalue weighted by Gasteiger charge is 2.00. The first kappa shape index (κ1) is 10.4. The maximum absolute atomic E-state index is 12.8. The van der Waals surface area contributed by atoms with E-state index < -0.39 is 0 Å². The van der Waals surface area contributed by atoms with E-state index in [1.54, 1.807) is 18.3 Å². The Balaban J connectivity index is 2.05. The Morgan fingerprint density at radius 2 is 2.06 bits per heavy atom. The van der Waals surface area contributed by atoms with Gasteiger partial charge in [0.15, 0.2) is 0 Å². The molecule has 0 bridgehead atoms. The van der Waals surface area contributed by atoms with E-state index in [4.69, 9.17) is 10.5 Å². The van der Waals surface area contributed by atoms with Crippen LogP contribution < -0.4 is 10.5 Å². The first-order chi connectivity index (χ1) is 7.75. The molecule has 2 rings (SSSR count). The van der Waals surface area contributed by atoms with Crippen molar-refractivity contribution in [3.63, 3.8) is 0 Å². The summed E-state index contributed by atoms with van der Waals surface area (Å²) in [6, 6.07) is 8.55. The molecule has 3 nitrogen and oxygen atoms in total. The molecule has 0 saturated heterocycles. The second kappa shape index (κ2) is 4.61. The van der Waals surface area contributed by atoms with Crippen molar-refractivity contribution in [1.29, 1.82) is 0 Å². The zero-order valence-electron chi connectivity index (χ0n) is 8.56. The summed E-state index contributed by atoms with van der Waals surface area (Å²) in [6.07, 6.45) is 2.71. The van der Waals surface area contributed by atoms with Crippen molar-refractivity contribution in [3.05, 3.63) is 54.1 Å². The third-order valence-electron chi connectivity index (χ3n) is 2.07. The predicted octanol–water partition coefficient (Wildman–Crippen LogP) is 2.38. The summed E-state index contributed by atoms with van der Waals surface area (Å²) < 4.78 is 18.3. The summed E-state index contributed by atoms with van der Waals surface area (Å²) >= 11 is 0. The van der Waals surface area contributed by atoms with Crippen molar-refractivity contribution in [2.45, 2.75) is 6.61 Å². The van der Waals surface area contributed by atoms with Crippen molar-refractivity contribution < 1.29 is 9.13 Å². The fraction of sp³-hybridized carbons (Fsp3) is 0.0833. The lowest BCUT2D eigenvalue weighted by Crippen LogP contribution is -1.99. The van der Waals surface area contributed by atoms with Gasteiger partial charge in [-0.25, -0.2) is 4.39 Å². The molecule has 16 heavy (non-hydrogen) atoms. The van der Waals surface area contributed by atoms with Crippen molar-refractivity contribution in [2.75, 3.05) is 5.73 Å². The van der Waals surface area contributed by atoms with Crippen LogP contribution in [0.3, 0.4) is 0 Å². The molecule has 0 aliphatic carbocycles. The molecule has 0 aliphatic rings. The number of rotatable bonds is 3. The van der Waals surface area contributed by atoms with Gasteiger partial charge in [-0.05, 0) is 18.2 Å². The Hall–Kier alpha value is -2.10. The number of hydrogen-bond donors (Lipinski definition) is 1. The lowest BCUT2D eigenvalue weighted by molar-refractivity contribution is 0.306. The zero-order chi connectivity index (χ0) is 11.4. The summed E-state index contributed by atoms with van der Waals surface area (Å²) in [5, 5.41) is 0. The van der Waals surface area contributed by atoms with Gasteiger partial charge in [-0.1, -0.05) is 12.1 Å². The second-order valence-electron chi connectivity index (χ2n) is 3.34. The quantitative estimate of drug-likeness (QED) is 0.804. The highest BCUT2D eigenvalue weighted by atomic mass is 19.1. The maximum atomic E-state index is 12.8. The molecule has 2 aromatic rings. The Morgan fingerprint density at radius 3 is 2.81 bits per heavy atom. The van der Waals surface area contributed by atoms with Gasteiger partial charge in [0.2, 0.25) is 0 Å². The van der Waals surface area contributed by atoms with Gasteiger partial charge in [0, 0.05) is 11.8 Å². The number of nitrogens with two attached hydrogens (primary N) is 1. The molecule has 0 unspecified atom stereocenters. The van der Waals surface area contributed by atoms with Gasteiger partial charge in [0.1, 0.15) is 18.2 Å². The Morgan fingerprint density at radius 1 is 1.25 bits per heavy atom. The van der Waals surface area contributed by atoms with E-state index in [2.05, 4.69) is 4.98 Å². The van der Waals surface area contributed by atoms with Crippen LogP contribution in [0, 0.1) is 5.82 Å². The van der Waals surface area contributed by atoms with E-state index in [0.717, 1.165) is 6.20 Å². The predicted molar refractivity (Wildman–Crippen MR) is 59.4 cm³/mol. The topological polar surface area (TPSA) is 48.1 Å². The number of anilines is 1. The zero-order valence-corrected chi connectivity index (χ0v) is 8.56. The number of pyridine rings is 1. The van der Waals surface area contributed by atoms with Gasteiger partial charge < -0.3 is 10.5 Å². The number of nitrogens with zero attached hydrogens (tertiary/aromatic N) is 1. The number of para-hydroxylation sites is 2. The number of nitrogen functional groups attached to an aromatic ring is 1. The van der Waals surface area contributed by atoms with E-state index in [1.165, 1.54) is 6.07 Å². The molecular formula is C12H11FN2O. The van der Waals surface area contributed by atoms with E-state index in [9.17, 15) is 4.39 Å². The van der Waals surface area contributed by atoms with Crippen molar-refractivity contribution in [2.24, 2.45) is 0 Å². The third-order valence-corrected chi connectivity index (χ3v) is 2.07. The van der Waals surface area contributed by atoms with Crippen LogP contribution in [-0.4, -0.2) is 4.98 Å². The fourth-order valence-corrected chi connectivity index (χ4v) is 1.31. The van der Waals surface area contributed by atoms with Crippen LogP contribution in [0.4, 0.5) is 10.1 Å². The van der Waals surface area contributed by atoms with Crippen LogP contribution in [0.2, 0.25) is 0 Å². The van der Waals surface area contributed by atoms with Crippen LogP contribution in [0.25, 0.3) is 0 Å². The molecule has 0 saturated carbocycles. The molecule has 0 aliphatic heterocycles. The minimum Gasteiger partial charge on any atom is -0.487 e. The highest BCUT2D eigenvalue weighted by molar-refractivity contribution is 5.51. The van der Waals surface area contributed by atoms with E-state index >= 15 is 0 Å². The van der Waals surface area contributed by atoms with E-state index in [-0.39, 0.29) is 12.4 Å². The van der Waals surface area contributed by atoms with Gasteiger partial charge in [-0.3, -0.25) is 4.98 Å². The molecule has 1 aromatic heterocycles. The number of hydrogen-bond acceptors (Lipinski definition) is 3. The van der Waals surface area contributed by atoms with E-state index in [0.29, 0.717) is 17.0 Å². The lowest BCUT2D eigenvalue weighted by Gasteiger charge is -2.08. The van der Waals surface area contributed by atoms with Gasteiger partial charge >= 0.3 is 0 Å². The molecule has 0 spiro atoms. The molecular weight excluding hydrogens is 207 g/mol. The molecule has 82 valence electrons. The molecule has 0 radical (unpaired) electrons. The summed E-state index contributed by atoms with van der Waals surface area (Å²) in [5.41, 5.74) is 6.93. The monoisotopic (exact) mass is 218 g/mol. The van der Waals surface area contributed by atoms with Gasteiger partial charge in [0.25, 0.3) is 0 Å². The lowest BCUT2D eigenvalue weighted by atomic mass is 10.3. The number of halogens is 1.